The molecule has 0 saturated carbocycles. The van der Waals surface area contributed by atoms with Crippen LogP contribution in [0.5, 0.6) is 0 Å². The van der Waals surface area contributed by atoms with Gasteiger partial charge in [0.25, 0.3) is 0 Å². The van der Waals surface area contributed by atoms with Crippen molar-refractivity contribution >= 4 is 5.84 Å². The fraction of sp³-hybridized carbons (Fsp3) is 0.538. The number of hydrogen-bond donors (Lipinski definition) is 2. The van der Waals surface area contributed by atoms with Gasteiger partial charge < -0.3 is 10.6 Å². The van der Waals surface area contributed by atoms with Gasteiger partial charge in [-0.05, 0) is 38.0 Å². The minimum Gasteiger partial charge on any atom is -0.388 e. The minimum absolute atomic E-state index is 0.263. The van der Waals surface area contributed by atoms with Gasteiger partial charge in [0.1, 0.15) is 0 Å². The van der Waals surface area contributed by atoms with Crippen molar-refractivity contribution < 1.29 is 0 Å². The summed E-state index contributed by atoms with van der Waals surface area (Å²) in [5.41, 5.74) is 6.70. The van der Waals surface area contributed by atoms with Crippen LogP contribution in [0.2, 0.25) is 0 Å². The fourth-order valence-electron chi connectivity index (χ4n) is 1.71. The Kier molecular flexibility index (Phi) is 5.63. The number of nitrogens with two attached hydrogens (primary N) is 1. The van der Waals surface area contributed by atoms with Crippen LogP contribution in [-0.4, -0.2) is 34.9 Å². The first-order valence-electron chi connectivity index (χ1n) is 6.05. The normalized spacial score (nSPS) is 11.1. The molecule has 0 aliphatic carbocycles. The molecule has 1 aromatic heterocycles. The van der Waals surface area contributed by atoms with E-state index < -0.39 is 0 Å². The van der Waals surface area contributed by atoms with E-state index in [0.717, 1.165) is 19.5 Å². The van der Waals surface area contributed by atoms with Gasteiger partial charge in [-0.1, -0.05) is 0 Å². The Balaban J connectivity index is 2.42. The van der Waals surface area contributed by atoms with Gasteiger partial charge in [0.2, 0.25) is 0 Å². The number of nitrogens with one attached hydrogen (secondary N) is 1. The van der Waals surface area contributed by atoms with E-state index in [4.69, 9.17) is 11.1 Å². The molecule has 0 fully saturated rings. The van der Waals surface area contributed by atoms with Gasteiger partial charge >= 0.3 is 0 Å². The molecule has 1 aromatic rings. The molecule has 17 heavy (non-hydrogen) atoms. The first-order valence-corrected chi connectivity index (χ1v) is 6.05. The molecule has 0 aliphatic heterocycles. The molecule has 1 heterocycles. The summed E-state index contributed by atoms with van der Waals surface area (Å²) in [4.78, 5) is 6.36. The van der Waals surface area contributed by atoms with Gasteiger partial charge in [-0.2, -0.15) is 0 Å². The monoisotopic (exact) mass is 234 g/mol. The average Bonchev–Trinajstić information content (AvgIpc) is 2.29. The SMILES string of the molecule is CC(C)N(CCC(=N)N)CCc1ccncc1. The number of aromatic nitrogens is 1. The molecule has 94 valence electrons. The first kappa shape index (κ1) is 13.6. The Bertz CT molecular complexity index is 335. The summed E-state index contributed by atoms with van der Waals surface area (Å²) in [5.74, 6) is 0.263. The van der Waals surface area contributed by atoms with Crippen molar-refractivity contribution in [3.05, 3.63) is 30.1 Å². The third-order valence-electron chi connectivity index (χ3n) is 2.84. The number of nitrogens with zero attached hydrogens (tertiary/aromatic N) is 2. The van der Waals surface area contributed by atoms with E-state index in [-0.39, 0.29) is 5.84 Å². The maximum absolute atomic E-state index is 7.27. The highest BCUT2D eigenvalue weighted by atomic mass is 15.1. The van der Waals surface area contributed by atoms with Crippen molar-refractivity contribution in [3.8, 4) is 0 Å². The van der Waals surface area contributed by atoms with Crippen LogP contribution in [0.3, 0.4) is 0 Å². The number of pyridine rings is 1. The molecular weight excluding hydrogens is 212 g/mol. The van der Waals surface area contributed by atoms with Crippen LogP contribution >= 0.6 is 0 Å². The van der Waals surface area contributed by atoms with Crippen LogP contribution in [0.4, 0.5) is 0 Å². The molecule has 0 amide bonds. The largest absolute Gasteiger partial charge is 0.388 e. The Hall–Kier alpha value is -1.42. The van der Waals surface area contributed by atoms with Gasteiger partial charge in [-0.15, -0.1) is 0 Å². The molecule has 0 saturated heterocycles. The highest BCUT2D eigenvalue weighted by molar-refractivity contribution is 5.76. The van der Waals surface area contributed by atoms with Crippen LogP contribution in [0.15, 0.2) is 24.5 Å². The lowest BCUT2D eigenvalue weighted by molar-refractivity contribution is 0.230. The molecule has 4 heteroatoms. The number of amidine groups is 1. The molecule has 1 rings (SSSR count). The highest BCUT2D eigenvalue weighted by Crippen LogP contribution is 2.04. The molecule has 0 atom stereocenters. The van der Waals surface area contributed by atoms with Crippen molar-refractivity contribution in [2.45, 2.75) is 32.7 Å². The number of rotatable bonds is 7. The quantitative estimate of drug-likeness (QED) is 0.557. The van der Waals surface area contributed by atoms with Crippen molar-refractivity contribution in [2.75, 3.05) is 13.1 Å². The van der Waals surface area contributed by atoms with Gasteiger partial charge in [0.15, 0.2) is 0 Å². The molecule has 0 radical (unpaired) electrons. The van der Waals surface area contributed by atoms with E-state index in [0.29, 0.717) is 12.5 Å². The third kappa shape index (κ3) is 5.45. The zero-order chi connectivity index (χ0) is 12.7. The maximum Gasteiger partial charge on any atom is 0.0918 e. The smallest absolute Gasteiger partial charge is 0.0918 e. The van der Waals surface area contributed by atoms with Gasteiger partial charge in [0, 0.05) is 37.9 Å². The molecule has 0 bridgehead atoms. The average molecular weight is 234 g/mol. The van der Waals surface area contributed by atoms with Gasteiger partial charge in [-0.3, -0.25) is 10.4 Å². The second-order valence-electron chi connectivity index (χ2n) is 4.51. The lowest BCUT2D eigenvalue weighted by Gasteiger charge is -2.26. The van der Waals surface area contributed by atoms with Crippen molar-refractivity contribution in [1.29, 1.82) is 5.41 Å². The fourth-order valence-corrected chi connectivity index (χ4v) is 1.71. The van der Waals surface area contributed by atoms with Crippen molar-refractivity contribution in [1.82, 2.24) is 9.88 Å². The summed E-state index contributed by atoms with van der Waals surface area (Å²) in [7, 11) is 0. The zero-order valence-electron chi connectivity index (χ0n) is 10.7. The summed E-state index contributed by atoms with van der Waals surface area (Å²) < 4.78 is 0. The zero-order valence-corrected chi connectivity index (χ0v) is 10.7. The Morgan fingerprint density at radius 1 is 1.35 bits per heavy atom. The van der Waals surface area contributed by atoms with Crippen LogP contribution in [0.25, 0.3) is 0 Å². The summed E-state index contributed by atoms with van der Waals surface area (Å²) in [6.07, 6.45) is 5.31. The summed E-state index contributed by atoms with van der Waals surface area (Å²) in [6, 6.07) is 4.57. The van der Waals surface area contributed by atoms with E-state index >= 15 is 0 Å². The van der Waals surface area contributed by atoms with E-state index in [1.165, 1.54) is 5.56 Å². The predicted octanol–water partition coefficient (Wildman–Crippen LogP) is 1.66. The molecule has 0 unspecified atom stereocenters. The lowest BCUT2D eigenvalue weighted by atomic mass is 10.1. The summed E-state index contributed by atoms with van der Waals surface area (Å²) in [5, 5.41) is 7.27. The molecule has 3 N–H and O–H groups in total. The van der Waals surface area contributed by atoms with Crippen LogP contribution < -0.4 is 5.73 Å². The Labute approximate surface area is 103 Å². The molecule has 0 aromatic carbocycles. The van der Waals surface area contributed by atoms with Crippen molar-refractivity contribution in [3.63, 3.8) is 0 Å². The van der Waals surface area contributed by atoms with Crippen LogP contribution in [0.1, 0.15) is 25.8 Å². The molecule has 0 spiro atoms. The highest BCUT2D eigenvalue weighted by Gasteiger charge is 2.09. The first-order chi connectivity index (χ1) is 8.09. The predicted molar refractivity (Wildman–Crippen MR) is 71.2 cm³/mol. The van der Waals surface area contributed by atoms with E-state index in [1.54, 1.807) is 0 Å². The maximum atomic E-state index is 7.27. The lowest BCUT2D eigenvalue weighted by Crippen LogP contribution is -2.35. The molecule has 0 aliphatic rings. The summed E-state index contributed by atoms with van der Waals surface area (Å²) >= 11 is 0. The Morgan fingerprint density at radius 2 is 2.00 bits per heavy atom. The van der Waals surface area contributed by atoms with Crippen molar-refractivity contribution in [2.24, 2.45) is 5.73 Å². The minimum atomic E-state index is 0.263. The van der Waals surface area contributed by atoms with Gasteiger partial charge in [0.05, 0.1) is 5.84 Å². The van der Waals surface area contributed by atoms with Crippen LogP contribution in [0, 0.1) is 5.41 Å². The Morgan fingerprint density at radius 3 is 2.53 bits per heavy atom. The van der Waals surface area contributed by atoms with E-state index in [9.17, 15) is 0 Å². The standard InChI is InChI=1S/C13H22N4/c1-11(2)17(10-6-13(14)15)9-5-12-3-7-16-8-4-12/h3-4,7-8,11H,5-6,9-10H2,1-2H3,(H3,14,15). The topological polar surface area (TPSA) is 66.0 Å². The van der Waals surface area contributed by atoms with E-state index in [1.807, 2.05) is 24.5 Å². The summed E-state index contributed by atoms with van der Waals surface area (Å²) in [6.45, 7) is 6.20. The van der Waals surface area contributed by atoms with Gasteiger partial charge in [-0.25, -0.2) is 0 Å². The van der Waals surface area contributed by atoms with Crippen LogP contribution in [-0.2, 0) is 6.42 Å². The molecular formula is C13H22N4. The second-order valence-corrected chi connectivity index (χ2v) is 4.51. The van der Waals surface area contributed by atoms with E-state index in [2.05, 4.69) is 23.7 Å². The number of hydrogen-bond acceptors (Lipinski definition) is 3. The second kappa shape index (κ2) is 7.01. The third-order valence-corrected chi connectivity index (χ3v) is 2.84. The molecule has 4 nitrogen and oxygen atoms in total.